The number of rotatable bonds is 5. The molecule has 2 fully saturated rings. The van der Waals surface area contributed by atoms with Crippen molar-refractivity contribution in [1.29, 1.82) is 0 Å². The van der Waals surface area contributed by atoms with Gasteiger partial charge in [0.15, 0.2) is 0 Å². The maximum atomic E-state index is 13.0. The summed E-state index contributed by atoms with van der Waals surface area (Å²) < 4.78 is 6.05. The van der Waals surface area contributed by atoms with Crippen LogP contribution in [0.3, 0.4) is 0 Å². The molecule has 0 saturated carbocycles. The van der Waals surface area contributed by atoms with E-state index in [1.165, 1.54) is 11.3 Å². The minimum atomic E-state index is -0.926. The Bertz CT molecular complexity index is 1010. The molecule has 0 radical (unpaired) electrons. The van der Waals surface area contributed by atoms with Crippen LogP contribution < -0.4 is 15.5 Å². The average molecular weight is 510 g/mol. The number of amides is 3. The van der Waals surface area contributed by atoms with Crippen molar-refractivity contribution in [3.8, 4) is 0 Å². The maximum Gasteiger partial charge on any atom is 0.262 e. The lowest BCUT2D eigenvalue weighted by Crippen LogP contribution is -2.65. The summed E-state index contributed by atoms with van der Waals surface area (Å²) >= 11 is 6.29. The summed E-state index contributed by atoms with van der Waals surface area (Å²) in [6.45, 7) is 3.00. The third-order valence-corrected chi connectivity index (χ3v) is 8.03. The van der Waals surface area contributed by atoms with Crippen LogP contribution in [0.2, 0.25) is 0 Å². The summed E-state index contributed by atoms with van der Waals surface area (Å²) in [6.07, 6.45) is 0. The molecule has 2 aromatic rings. The second-order valence-electron chi connectivity index (χ2n) is 7.19. The van der Waals surface area contributed by atoms with E-state index >= 15 is 0 Å². The standard InChI is InChI=1S/C20H20BrN3O4S2/c1-12-8-13(2-3-14(12)24-6-7-28-9-17(24)25)22-19(27)20(10-29-11-20)23-18(26)15-4-5-16(21)30-15/h2-5,8H,6-7,9-11H2,1H3,(H,22,27)(H,23,26). The van der Waals surface area contributed by atoms with E-state index in [0.29, 0.717) is 35.2 Å². The minimum Gasteiger partial charge on any atom is -0.370 e. The number of nitrogens with one attached hydrogen (secondary N) is 2. The molecule has 10 heteroatoms. The number of morpholine rings is 1. The number of hydrogen-bond donors (Lipinski definition) is 2. The lowest BCUT2D eigenvalue weighted by molar-refractivity contribution is -0.125. The number of nitrogens with zero attached hydrogens (tertiary/aromatic N) is 1. The minimum absolute atomic E-state index is 0.0745. The molecule has 4 rings (SSSR count). The zero-order chi connectivity index (χ0) is 21.3. The van der Waals surface area contributed by atoms with Gasteiger partial charge in [0.05, 0.1) is 15.3 Å². The fourth-order valence-corrected chi connectivity index (χ4v) is 5.64. The molecule has 0 unspecified atom stereocenters. The van der Waals surface area contributed by atoms with Gasteiger partial charge in [0.2, 0.25) is 0 Å². The van der Waals surface area contributed by atoms with Crippen LogP contribution in [0.15, 0.2) is 34.1 Å². The SMILES string of the molecule is Cc1cc(NC(=O)C2(NC(=O)c3ccc(Br)s3)CSC2)ccc1N1CCOCC1=O. The van der Waals surface area contributed by atoms with Crippen molar-refractivity contribution < 1.29 is 19.1 Å². The summed E-state index contributed by atoms with van der Waals surface area (Å²) in [5.74, 6) is 0.486. The van der Waals surface area contributed by atoms with Gasteiger partial charge in [-0.2, -0.15) is 11.8 Å². The molecular formula is C20H20BrN3O4S2. The van der Waals surface area contributed by atoms with Gasteiger partial charge in [-0.25, -0.2) is 0 Å². The van der Waals surface area contributed by atoms with E-state index in [1.54, 1.807) is 28.8 Å². The maximum absolute atomic E-state index is 13.0. The highest BCUT2D eigenvalue weighted by Crippen LogP contribution is 2.33. The molecule has 1 aromatic heterocycles. The molecule has 3 heterocycles. The van der Waals surface area contributed by atoms with Crippen molar-refractivity contribution in [2.45, 2.75) is 12.5 Å². The van der Waals surface area contributed by atoms with Crippen molar-refractivity contribution in [2.75, 3.05) is 41.5 Å². The van der Waals surface area contributed by atoms with Crippen LogP contribution in [0.1, 0.15) is 15.2 Å². The van der Waals surface area contributed by atoms with Crippen LogP contribution in [0.5, 0.6) is 0 Å². The van der Waals surface area contributed by atoms with Gasteiger partial charge in [0, 0.05) is 29.4 Å². The van der Waals surface area contributed by atoms with E-state index in [9.17, 15) is 14.4 Å². The Morgan fingerprint density at radius 2 is 2.03 bits per heavy atom. The molecule has 2 aliphatic rings. The van der Waals surface area contributed by atoms with Crippen LogP contribution in [0.4, 0.5) is 11.4 Å². The molecule has 2 aliphatic heterocycles. The number of anilines is 2. The van der Waals surface area contributed by atoms with Crippen LogP contribution in [-0.2, 0) is 14.3 Å². The topological polar surface area (TPSA) is 87.7 Å². The van der Waals surface area contributed by atoms with Gasteiger partial charge < -0.3 is 20.3 Å². The Hall–Kier alpha value is -1.88. The predicted molar refractivity (Wildman–Crippen MR) is 123 cm³/mol. The lowest BCUT2D eigenvalue weighted by atomic mass is 10.0. The van der Waals surface area contributed by atoms with Gasteiger partial charge in [-0.05, 0) is 58.7 Å². The monoisotopic (exact) mass is 509 g/mol. The summed E-state index contributed by atoms with van der Waals surface area (Å²) in [4.78, 5) is 39.9. The fourth-order valence-electron chi connectivity index (χ4n) is 3.34. The van der Waals surface area contributed by atoms with Crippen molar-refractivity contribution in [2.24, 2.45) is 0 Å². The average Bonchev–Trinajstić information content (AvgIpc) is 3.12. The molecule has 0 aliphatic carbocycles. The highest BCUT2D eigenvalue weighted by molar-refractivity contribution is 9.11. The van der Waals surface area contributed by atoms with Crippen molar-refractivity contribution in [1.82, 2.24) is 5.32 Å². The van der Waals surface area contributed by atoms with E-state index in [4.69, 9.17) is 4.74 Å². The van der Waals surface area contributed by atoms with Crippen molar-refractivity contribution in [3.63, 3.8) is 0 Å². The molecule has 1 aromatic carbocycles. The summed E-state index contributed by atoms with van der Waals surface area (Å²) in [6, 6.07) is 8.99. The molecule has 0 bridgehead atoms. The van der Waals surface area contributed by atoms with Gasteiger partial charge in [0.25, 0.3) is 17.7 Å². The van der Waals surface area contributed by atoms with Gasteiger partial charge in [-0.15, -0.1) is 11.3 Å². The van der Waals surface area contributed by atoms with E-state index in [0.717, 1.165) is 15.0 Å². The largest absolute Gasteiger partial charge is 0.370 e. The normalized spacial score (nSPS) is 17.9. The second kappa shape index (κ2) is 8.70. The molecule has 158 valence electrons. The van der Waals surface area contributed by atoms with Gasteiger partial charge >= 0.3 is 0 Å². The van der Waals surface area contributed by atoms with Crippen molar-refractivity contribution in [3.05, 3.63) is 44.6 Å². The summed E-state index contributed by atoms with van der Waals surface area (Å²) in [5.41, 5.74) is 1.40. The zero-order valence-corrected chi connectivity index (χ0v) is 19.4. The van der Waals surface area contributed by atoms with Gasteiger partial charge in [0.1, 0.15) is 12.1 Å². The smallest absolute Gasteiger partial charge is 0.262 e. The number of halogens is 1. The fraction of sp³-hybridized carbons (Fsp3) is 0.350. The lowest BCUT2D eigenvalue weighted by Gasteiger charge is -2.40. The van der Waals surface area contributed by atoms with Crippen LogP contribution in [-0.4, -0.2) is 54.5 Å². The number of thiophene rings is 1. The first-order valence-corrected chi connectivity index (χ1v) is 12.1. The molecule has 2 saturated heterocycles. The summed E-state index contributed by atoms with van der Waals surface area (Å²) in [7, 11) is 0. The van der Waals surface area contributed by atoms with E-state index in [1.807, 2.05) is 25.1 Å². The molecule has 3 amide bonds. The molecular weight excluding hydrogens is 490 g/mol. The van der Waals surface area contributed by atoms with Crippen LogP contribution in [0, 0.1) is 6.92 Å². The Balaban J connectivity index is 1.46. The van der Waals surface area contributed by atoms with E-state index < -0.39 is 5.54 Å². The summed E-state index contributed by atoms with van der Waals surface area (Å²) in [5, 5.41) is 5.84. The first-order chi connectivity index (χ1) is 14.4. The van der Waals surface area contributed by atoms with Crippen molar-refractivity contribution >= 4 is 68.1 Å². The number of thioether (sulfide) groups is 1. The van der Waals surface area contributed by atoms with E-state index in [2.05, 4.69) is 26.6 Å². The number of aryl methyl sites for hydroxylation is 1. The first-order valence-electron chi connectivity index (χ1n) is 9.34. The first kappa shape index (κ1) is 21.4. The molecule has 2 N–H and O–H groups in total. The number of carbonyl (C=O) groups excluding carboxylic acids is 3. The number of ether oxygens (including phenoxy) is 1. The molecule has 0 atom stereocenters. The highest BCUT2D eigenvalue weighted by atomic mass is 79.9. The molecule has 0 spiro atoms. The second-order valence-corrected chi connectivity index (χ2v) is 10.6. The third kappa shape index (κ3) is 4.27. The number of carbonyl (C=O) groups is 3. The molecule has 7 nitrogen and oxygen atoms in total. The third-order valence-electron chi connectivity index (χ3n) is 5.01. The zero-order valence-electron chi connectivity index (χ0n) is 16.2. The number of hydrogen-bond acceptors (Lipinski definition) is 6. The quantitative estimate of drug-likeness (QED) is 0.646. The Morgan fingerprint density at radius 1 is 1.23 bits per heavy atom. The Labute approximate surface area is 190 Å². The Morgan fingerprint density at radius 3 is 2.63 bits per heavy atom. The van der Waals surface area contributed by atoms with Gasteiger partial charge in [-0.1, -0.05) is 0 Å². The van der Waals surface area contributed by atoms with E-state index in [-0.39, 0.29) is 24.3 Å². The number of benzene rings is 1. The van der Waals surface area contributed by atoms with Gasteiger partial charge in [-0.3, -0.25) is 14.4 Å². The predicted octanol–water partition coefficient (Wildman–Crippen LogP) is 3.04. The highest BCUT2D eigenvalue weighted by Gasteiger charge is 2.46. The van der Waals surface area contributed by atoms with Crippen LogP contribution >= 0.6 is 39.0 Å². The van der Waals surface area contributed by atoms with Crippen LogP contribution in [0.25, 0.3) is 0 Å². The molecule has 30 heavy (non-hydrogen) atoms. The Kier molecular flexibility index (Phi) is 6.19.